The van der Waals surface area contributed by atoms with Crippen LogP contribution in [-0.4, -0.2) is 18.0 Å². The normalized spacial score (nSPS) is 11.6. The quantitative estimate of drug-likeness (QED) is 0.654. The van der Waals surface area contributed by atoms with Gasteiger partial charge in [0.25, 0.3) is 5.91 Å². The predicted octanol–water partition coefficient (Wildman–Crippen LogP) is 3.80. The first kappa shape index (κ1) is 18.2. The van der Waals surface area contributed by atoms with Crippen molar-refractivity contribution in [2.24, 2.45) is 0 Å². The Bertz CT molecular complexity index is 856. The lowest BCUT2D eigenvalue weighted by molar-refractivity contribution is -0.148. The minimum Gasteiger partial charge on any atom is -0.449 e. The van der Waals surface area contributed by atoms with Gasteiger partial charge in [-0.05, 0) is 42.8 Å². The Kier molecular flexibility index (Phi) is 6.33. The first-order valence-corrected chi connectivity index (χ1v) is 7.81. The number of benzene rings is 2. The zero-order chi connectivity index (χ0) is 18.2. The number of nitrogens with one attached hydrogen (secondary N) is 1. The lowest BCUT2D eigenvalue weighted by atomic mass is 10.2. The van der Waals surface area contributed by atoms with Crippen molar-refractivity contribution in [2.45, 2.75) is 13.0 Å². The molecule has 5 nitrogen and oxygen atoms in total. The first-order chi connectivity index (χ1) is 12.0. The minimum absolute atomic E-state index is 0.421. The van der Waals surface area contributed by atoms with Gasteiger partial charge in [-0.3, -0.25) is 4.79 Å². The average molecular weight is 355 g/mol. The topological polar surface area (TPSA) is 79.2 Å². The molecule has 0 heterocycles. The maximum Gasteiger partial charge on any atom is 0.331 e. The van der Waals surface area contributed by atoms with Crippen LogP contribution in [0.15, 0.2) is 54.6 Å². The Morgan fingerprint density at radius 3 is 2.72 bits per heavy atom. The fourth-order valence-electron chi connectivity index (χ4n) is 1.95. The van der Waals surface area contributed by atoms with E-state index in [1.807, 2.05) is 6.07 Å². The van der Waals surface area contributed by atoms with Gasteiger partial charge in [-0.15, -0.1) is 0 Å². The number of hydrogen-bond acceptors (Lipinski definition) is 4. The molecule has 0 bridgehead atoms. The molecule has 6 heteroatoms. The fraction of sp³-hybridized carbons (Fsp3) is 0.105. The molecule has 126 valence electrons. The molecule has 0 saturated heterocycles. The molecule has 0 aliphatic heterocycles. The Balaban J connectivity index is 1.93. The zero-order valence-corrected chi connectivity index (χ0v) is 14.2. The van der Waals surface area contributed by atoms with E-state index in [4.69, 9.17) is 21.6 Å². The molecule has 2 rings (SSSR count). The lowest BCUT2D eigenvalue weighted by Crippen LogP contribution is -2.29. The standard InChI is InChI=1S/C19H15ClN2O3/c1-13(19(24)22-16-7-4-5-14(11-16)12-21)25-18(23)10-9-15-6-2-3-8-17(15)20/h2-11,13H,1H3,(H,22,24)/b10-9+/t13-/m1/s1. The molecule has 2 aromatic carbocycles. The summed E-state index contributed by atoms with van der Waals surface area (Å²) >= 11 is 5.99. The van der Waals surface area contributed by atoms with Gasteiger partial charge in [-0.1, -0.05) is 35.9 Å². The SMILES string of the molecule is C[C@@H](OC(=O)/C=C/c1ccccc1Cl)C(=O)Nc1cccc(C#N)c1. The van der Waals surface area contributed by atoms with Crippen LogP contribution in [0.3, 0.4) is 0 Å². The summed E-state index contributed by atoms with van der Waals surface area (Å²) in [5.74, 6) is -1.15. The second kappa shape index (κ2) is 8.67. The van der Waals surface area contributed by atoms with Crippen molar-refractivity contribution in [3.63, 3.8) is 0 Å². The number of esters is 1. The van der Waals surface area contributed by atoms with Crippen LogP contribution in [-0.2, 0) is 14.3 Å². The van der Waals surface area contributed by atoms with Crippen LogP contribution >= 0.6 is 11.6 Å². The molecule has 1 atom stereocenters. The number of carbonyl (C=O) groups excluding carboxylic acids is 2. The number of halogens is 1. The van der Waals surface area contributed by atoms with E-state index in [1.54, 1.807) is 42.5 Å². The summed E-state index contributed by atoms with van der Waals surface area (Å²) in [6, 6.07) is 15.5. The van der Waals surface area contributed by atoms with E-state index in [0.717, 1.165) is 0 Å². The smallest absolute Gasteiger partial charge is 0.331 e. The average Bonchev–Trinajstić information content (AvgIpc) is 2.61. The maximum absolute atomic E-state index is 12.1. The number of hydrogen-bond donors (Lipinski definition) is 1. The van der Waals surface area contributed by atoms with Crippen LogP contribution in [0.2, 0.25) is 5.02 Å². The van der Waals surface area contributed by atoms with Gasteiger partial charge in [0, 0.05) is 16.8 Å². The highest BCUT2D eigenvalue weighted by Crippen LogP contribution is 2.16. The van der Waals surface area contributed by atoms with Crippen molar-refractivity contribution >= 4 is 35.2 Å². The van der Waals surface area contributed by atoms with Crippen molar-refractivity contribution in [1.82, 2.24) is 0 Å². The predicted molar refractivity (Wildman–Crippen MR) is 95.8 cm³/mol. The monoisotopic (exact) mass is 354 g/mol. The highest BCUT2D eigenvalue weighted by atomic mass is 35.5. The molecule has 25 heavy (non-hydrogen) atoms. The van der Waals surface area contributed by atoms with Crippen molar-refractivity contribution in [2.75, 3.05) is 5.32 Å². The van der Waals surface area contributed by atoms with Gasteiger partial charge in [-0.2, -0.15) is 5.26 Å². The summed E-state index contributed by atoms with van der Waals surface area (Å²) in [6.07, 6.45) is 1.74. The van der Waals surface area contributed by atoms with Crippen LogP contribution in [0.5, 0.6) is 0 Å². The third kappa shape index (κ3) is 5.48. The fourth-order valence-corrected chi connectivity index (χ4v) is 2.14. The number of nitrogens with zero attached hydrogens (tertiary/aromatic N) is 1. The van der Waals surface area contributed by atoms with Crippen molar-refractivity contribution < 1.29 is 14.3 Å². The summed E-state index contributed by atoms with van der Waals surface area (Å²) in [5, 5.41) is 11.9. The van der Waals surface area contributed by atoms with Crippen molar-refractivity contribution in [3.8, 4) is 6.07 Å². The van der Waals surface area contributed by atoms with E-state index >= 15 is 0 Å². The van der Waals surface area contributed by atoms with Crippen LogP contribution < -0.4 is 5.32 Å². The molecule has 0 fully saturated rings. The number of ether oxygens (including phenoxy) is 1. The van der Waals surface area contributed by atoms with Crippen LogP contribution in [0.25, 0.3) is 6.08 Å². The second-order valence-corrected chi connectivity index (χ2v) is 5.52. The summed E-state index contributed by atoms with van der Waals surface area (Å²) in [4.78, 5) is 23.9. The summed E-state index contributed by atoms with van der Waals surface area (Å²) in [7, 11) is 0. The zero-order valence-electron chi connectivity index (χ0n) is 13.4. The third-order valence-corrected chi connectivity index (χ3v) is 3.57. The summed E-state index contributed by atoms with van der Waals surface area (Å²) < 4.78 is 5.06. The first-order valence-electron chi connectivity index (χ1n) is 7.44. The molecule has 2 aromatic rings. The molecule has 0 aromatic heterocycles. The lowest BCUT2D eigenvalue weighted by Gasteiger charge is -2.12. The van der Waals surface area contributed by atoms with Crippen LogP contribution in [0.4, 0.5) is 5.69 Å². The molecule has 1 amide bonds. The van der Waals surface area contributed by atoms with Gasteiger partial charge < -0.3 is 10.1 Å². The molecule has 0 saturated carbocycles. The van der Waals surface area contributed by atoms with Crippen LogP contribution in [0, 0.1) is 11.3 Å². The molecule has 0 spiro atoms. The van der Waals surface area contributed by atoms with E-state index in [9.17, 15) is 9.59 Å². The Morgan fingerprint density at radius 1 is 1.24 bits per heavy atom. The summed E-state index contributed by atoms with van der Waals surface area (Å²) in [6.45, 7) is 1.46. The molecule has 0 aliphatic carbocycles. The second-order valence-electron chi connectivity index (χ2n) is 5.12. The molecule has 0 radical (unpaired) electrons. The number of amides is 1. The highest BCUT2D eigenvalue weighted by molar-refractivity contribution is 6.32. The molecule has 1 N–H and O–H groups in total. The maximum atomic E-state index is 12.1. The van der Waals surface area contributed by atoms with E-state index in [-0.39, 0.29) is 0 Å². The Morgan fingerprint density at radius 2 is 2.00 bits per heavy atom. The third-order valence-electron chi connectivity index (χ3n) is 3.23. The Hall–Kier alpha value is -3.10. The number of rotatable bonds is 5. The van der Waals surface area contributed by atoms with E-state index in [1.165, 1.54) is 25.1 Å². The number of nitriles is 1. The highest BCUT2D eigenvalue weighted by Gasteiger charge is 2.16. The van der Waals surface area contributed by atoms with Gasteiger partial charge in [-0.25, -0.2) is 4.79 Å². The van der Waals surface area contributed by atoms with E-state index in [2.05, 4.69) is 5.32 Å². The van der Waals surface area contributed by atoms with Gasteiger partial charge in [0.1, 0.15) is 0 Å². The number of anilines is 1. The summed E-state index contributed by atoms with van der Waals surface area (Å²) in [5.41, 5.74) is 1.55. The number of carbonyl (C=O) groups is 2. The molecular formula is C19H15ClN2O3. The van der Waals surface area contributed by atoms with Gasteiger partial charge in [0.2, 0.25) is 0 Å². The van der Waals surface area contributed by atoms with Gasteiger partial charge >= 0.3 is 5.97 Å². The molecule has 0 aliphatic rings. The van der Waals surface area contributed by atoms with E-state index in [0.29, 0.717) is 21.8 Å². The molecule has 0 unspecified atom stereocenters. The van der Waals surface area contributed by atoms with E-state index < -0.39 is 18.0 Å². The van der Waals surface area contributed by atoms with Crippen molar-refractivity contribution in [3.05, 3.63) is 70.8 Å². The minimum atomic E-state index is -0.992. The van der Waals surface area contributed by atoms with Gasteiger partial charge in [0.15, 0.2) is 6.10 Å². The largest absolute Gasteiger partial charge is 0.449 e. The molecular weight excluding hydrogens is 340 g/mol. The Labute approximate surface area is 150 Å². The van der Waals surface area contributed by atoms with Crippen LogP contribution in [0.1, 0.15) is 18.1 Å². The van der Waals surface area contributed by atoms with Gasteiger partial charge in [0.05, 0.1) is 11.6 Å². The van der Waals surface area contributed by atoms with Crippen molar-refractivity contribution in [1.29, 1.82) is 5.26 Å².